The molecule has 4 N–H and O–H groups in total. The van der Waals surface area contributed by atoms with Gasteiger partial charge < -0.3 is 16.4 Å². The summed E-state index contributed by atoms with van der Waals surface area (Å²) < 4.78 is 0. The highest BCUT2D eigenvalue weighted by atomic mass is 16.2. The molecule has 0 aromatic carbocycles. The topological polar surface area (TPSA) is 89.4 Å². The number of nitrogens with zero attached hydrogens (tertiary/aromatic N) is 1. The molecule has 0 aliphatic carbocycles. The van der Waals surface area contributed by atoms with E-state index in [1.54, 1.807) is 4.90 Å². The number of hydrogen-bond acceptors (Lipinski definition) is 3. The maximum Gasteiger partial charge on any atom is 0.240 e. The maximum atomic E-state index is 11.9. The van der Waals surface area contributed by atoms with E-state index in [9.17, 15) is 9.59 Å². The highest BCUT2D eigenvalue weighted by Crippen LogP contribution is 2.18. The van der Waals surface area contributed by atoms with Crippen LogP contribution in [0.4, 0.5) is 0 Å². The Kier molecular flexibility index (Phi) is 4.73. The number of carbonyl (C=O) groups excluding carboxylic acids is 2. The molecule has 2 atom stereocenters. The van der Waals surface area contributed by atoms with E-state index in [0.717, 1.165) is 19.3 Å². The summed E-state index contributed by atoms with van der Waals surface area (Å²) in [5.41, 5.74) is 11.1. The van der Waals surface area contributed by atoms with Gasteiger partial charge in [0, 0.05) is 19.0 Å². The molecule has 1 aliphatic heterocycles. The molecular formula is C11H21N3O2. The molecule has 2 amide bonds. The zero-order valence-electron chi connectivity index (χ0n) is 9.82. The molecule has 16 heavy (non-hydrogen) atoms. The quantitative estimate of drug-likeness (QED) is 0.691. The standard InChI is InChI=1S/C11H21N3O2/c1-2-4-8(12)7-10(15)14-6-3-5-9(14)11(13)16/h8-9H,2-7,12H2,1H3,(H2,13,16). The van der Waals surface area contributed by atoms with Crippen LogP contribution in [0.15, 0.2) is 0 Å². The summed E-state index contributed by atoms with van der Waals surface area (Å²) in [5, 5.41) is 0. The number of hydrogen-bond donors (Lipinski definition) is 2. The number of carbonyl (C=O) groups is 2. The highest BCUT2D eigenvalue weighted by Gasteiger charge is 2.32. The Morgan fingerprint density at radius 3 is 2.75 bits per heavy atom. The Morgan fingerprint density at radius 2 is 2.19 bits per heavy atom. The number of rotatable bonds is 5. The Hall–Kier alpha value is -1.10. The largest absolute Gasteiger partial charge is 0.368 e. The number of primary amides is 1. The summed E-state index contributed by atoms with van der Waals surface area (Å²) in [7, 11) is 0. The summed E-state index contributed by atoms with van der Waals surface area (Å²) in [5.74, 6) is -0.447. The first-order valence-corrected chi connectivity index (χ1v) is 5.90. The fourth-order valence-corrected chi connectivity index (χ4v) is 2.18. The number of nitrogens with two attached hydrogens (primary N) is 2. The normalized spacial score (nSPS) is 22.1. The summed E-state index contributed by atoms with van der Waals surface area (Å²) in [6, 6.07) is -0.520. The third-order valence-electron chi connectivity index (χ3n) is 3.00. The summed E-state index contributed by atoms with van der Waals surface area (Å²) >= 11 is 0. The van der Waals surface area contributed by atoms with E-state index in [-0.39, 0.29) is 11.9 Å². The molecular weight excluding hydrogens is 206 g/mol. The van der Waals surface area contributed by atoms with E-state index in [1.165, 1.54) is 0 Å². The molecule has 92 valence electrons. The van der Waals surface area contributed by atoms with Crippen LogP contribution < -0.4 is 11.5 Å². The fourth-order valence-electron chi connectivity index (χ4n) is 2.18. The van der Waals surface area contributed by atoms with Crippen molar-refractivity contribution in [2.75, 3.05) is 6.54 Å². The smallest absolute Gasteiger partial charge is 0.240 e. The van der Waals surface area contributed by atoms with Gasteiger partial charge in [-0.2, -0.15) is 0 Å². The van der Waals surface area contributed by atoms with Gasteiger partial charge in [-0.15, -0.1) is 0 Å². The van der Waals surface area contributed by atoms with Crippen LogP contribution >= 0.6 is 0 Å². The Bertz CT molecular complexity index is 268. The molecule has 0 radical (unpaired) electrons. The molecule has 0 saturated carbocycles. The lowest BCUT2D eigenvalue weighted by Crippen LogP contribution is -2.45. The zero-order valence-corrected chi connectivity index (χ0v) is 9.82. The van der Waals surface area contributed by atoms with Gasteiger partial charge in [-0.05, 0) is 19.3 Å². The van der Waals surface area contributed by atoms with E-state index in [0.29, 0.717) is 19.4 Å². The minimum Gasteiger partial charge on any atom is -0.368 e. The first-order valence-electron chi connectivity index (χ1n) is 5.90. The SMILES string of the molecule is CCCC(N)CC(=O)N1CCCC1C(N)=O. The Balaban J connectivity index is 2.49. The minimum absolute atomic E-state index is 0.0396. The second-order valence-corrected chi connectivity index (χ2v) is 4.40. The van der Waals surface area contributed by atoms with Crippen LogP contribution in [0.3, 0.4) is 0 Å². The van der Waals surface area contributed by atoms with E-state index >= 15 is 0 Å². The first-order chi connectivity index (χ1) is 7.56. The fraction of sp³-hybridized carbons (Fsp3) is 0.818. The van der Waals surface area contributed by atoms with Crippen LogP contribution in [-0.4, -0.2) is 35.3 Å². The zero-order chi connectivity index (χ0) is 12.1. The van der Waals surface area contributed by atoms with Gasteiger partial charge in [0.15, 0.2) is 0 Å². The minimum atomic E-state index is -0.415. The molecule has 5 nitrogen and oxygen atoms in total. The monoisotopic (exact) mass is 227 g/mol. The van der Waals surface area contributed by atoms with Crippen molar-refractivity contribution in [1.82, 2.24) is 4.90 Å². The van der Waals surface area contributed by atoms with Crippen molar-refractivity contribution < 1.29 is 9.59 Å². The summed E-state index contributed by atoms with van der Waals surface area (Å²) in [4.78, 5) is 24.6. The van der Waals surface area contributed by atoms with Gasteiger partial charge in [-0.3, -0.25) is 9.59 Å². The van der Waals surface area contributed by atoms with Crippen molar-refractivity contribution in [2.45, 2.75) is 51.1 Å². The van der Waals surface area contributed by atoms with Crippen molar-refractivity contribution in [3.05, 3.63) is 0 Å². The highest BCUT2D eigenvalue weighted by molar-refractivity contribution is 5.87. The second-order valence-electron chi connectivity index (χ2n) is 4.40. The lowest BCUT2D eigenvalue weighted by Gasteiger charge is -2.23. The number of likely N-dealkylation sites (tertiary alicyclic amines) is 1. The molecule has 0 aromatic heterocycles. The van der Waals surface area contributed by atoms with Gasteiger partial charge in [0.25, 0.3) is 0 Å². The van der Waals surface area contributed by atoms with Crippen LogP contribution in [0.1, 0.15) is 39.0 Å². The third-order valence-corrected chi connectivity index (χ3v) is 3.00. The third kappa shape index (κ3) is 3.20. The van der Waals surface area contributed by atoms with Crippen LogP contribution in [0.5, 0.6) is 0 Å². The van der Waals surface area contributed by atoms with Crippen molar-refractivity contribution in [2.24, 2.45) is 11.5 Å². The predicted molar refractivity (Wildman–Crippen MR) is 61.4 cm³/mol. The van der Waals surface area contributed by atoms with Crippen LogP contribution in [0.25, 0.3) is 0 Å². The molecule has 2 unspecified atom stereocenters. The van der Waals surface area contributed by atoms with Gasteiger partial charge in [-0.25, -0.2) is 0 Å². The van der Waals surface area contributed by atoms with Crippen LogP contribution in [0.2, 0.25) is 0 Å². The van der Waals surface area contributed by atoms with Gasteiger partial charge in [0.1, 0.15) is 6.04 Å². The van der Waals surface area contributed by atoms with Crippen molar-refractivity contribution in [3.8, 4) is 0 Å². The maximum absolute atomic E-state index is 11.9. The van der Waals surface area contributed by atoms with E-state index in [2.05, 4.69) is 0 Å². The van der Waals surface area contributed by atoms with Crippen LogP contribution in [0, 0.1) is 0 Å². The summed E-state index contributed by atoms with van der Waals surface area (Å²) in [6.07, 6.45) is 3.65. The average molecular weight is 227 g/mol. The van der Waals surface area contributed by atoms with Gasteiger partial charge in [0.2, 0.25) is 11.8 Å². The van der Waals surface area contributed by atoms with Crippen LogP contribution in [-0.2, 0) is 9.59 Å². The van der Waals surface area contributed by atoms with Gasteiger partial charge >= 0.3 is 0 Å². The van der Waals surface area contributed by atoms with E-state index in [4.69, 9.17) is 11.5 Å². The Morgan fingerprint density at radius 1 is 1.50 bits per heavy atom. The first kappa shape index (κ1) is 13.0. The van der Waals surface area contributed by atoms with Crippen molar-refractivity contribution in [1.29, 1.82) is 0 Å². The lowest BCUT2D eigenvalue weighted by molar-refractivity contribution is -0.137. The molecule has 0 spiro atoms. The second kappa shape index (κ2) is 5.84. The van der Waals surface area contributed by atoms with Gasteiger partial charge in [-0.1, -0.05) is 13.3 Å². The Labute approximate surface area is 96.1 Å². The molecule has 1 rings (SSSR count). The van der Waals surface area contributed by atoms with E-state index in [1.807, 2.05) is 6.92 Å². The van der Waals surface area contributed by atoms with E-state index < -0.39 is 11.9 Å². The average Bonchev–Trinajstić information content (AvgIpc) is 2.65. The molecule has 1 heterocycles. The predicted octanol–water partition coefficient (Wildman–Crippen LogP) is -0.0198. The number of amides is 2. The molecule has 1 fully saturated rings. The van der Waals surface area contributed by atoms with Crippen molar-refractivity contribution >= 4 is 11.8 Å². The lowest BCUT2D eigenvalue weighted by atomic mass is 10.1. The molecule has 1 aliphatic rings. The van der Waals surface area contributed by atoms with Gasteiger partial charge in [0.05, 0.1) is 0 Å². The molecule has 0 bridgehead atoms. The molecule has 5 heteroatoms. The molecule has 1 saturated heterocycles. The molecule has 0 aromatic rings. The summed E-state index contributed by atoms with van der Waals surface area (Å²) in [6.45, 7) is 2.66. The van der Waals surface area contributed by atoms with Crippen molar-refractivity contribution in [3.63, 3.8) is 0 Å².